The van der Waals surface area contributed by atoms with E-state index < -0.39 is 41.5 Å². The summed E-state index contributed by atoms with van der Waals surface area (Å²) in [5.74, 6) is -3.03. The smallest absolute Gasteiger partial charge is 0.373 e. The molecule has 10 heteroatoms. The van der Waals surface area contributed by atoms with Crippen LogP contribution in [0.25, 0.3) is 10.8 Å². The highest BCUT2D eigenvalue weighted by Gasteiger charge is 2.60. The standard InChI is InChI=1S/C23H20F4N2O4/c1-12-18-10-14(8-9-17(18)20(30)33-29-12)28-21(31)22(32,23(25,26)27)11-13-4-2-6-16-15(13)5-3-7-19(16)24/h3,5,7-10,13,32H,2,4,6,11H2,1H3,(H,28,31). The first-order chi connectivity index (χ1) is 15.5. The van der Waals surface area contributed by atoms with E-state index in [4.69, 9.17) is 0 Å². The van der Waals surface area contributed by atoms with E-state index in [0.717, 1.165) is 0 Å². The predicted octanol–water partition coefficient (Wildman–Crippen LogP) is 4.38. The van der Waals surface area contributed by atoms with Gasteiger partial charge in [0.15, 0.2) is 0 Å². The zero-order chi connectivity index (χ0) is 24.0. The SMILES string of the molecule is Cc1noc(=O)c2ccc(NC(=O)C(O)(CC3CCCc4c(F)cccc43)C(F)(F)F)cc12. The van der Waals surface area contributed by atoms with E-state index in [1.54, 1.807) is 0 Å². The summed E-state index contributed by atoms with van der Waals surface area (Å²) in [5.41, 5.74) is -3.51. The molecular formula is C23H20F4N2O4. The molecule has 2 unspecified atom stereocenters. The van der Waals surface area contributed by atoms with Crippen molar-refractivity contribution in [3.8, 4) is 0 Å². The Labute approximate surface area is 185 Å². The molecule has 1 aliphatic carbocycles. The largest absolute Gasteiger partial charge is 0.426 e. The first-order valence-corrected chi connectivity index (χ1v) is 10.3. The van der Waals surface area contributed by atoms with E-state index >= 15 is 0 Å². The average Bonchev–Trinajstić information content (AvgIpc) is 2.76. The highest BCUT2D eigenvalue weighted by molar-refractivity contribution is 5.99. The van der Waals surface area contributed by atoms with E-state index in [2.05, 4.69) is 15.0 Å². The molecule has 2 atom stereocenters. The molecule has 3 aromatic rings. The third-order valence-electron chi connectivity index (χ3n) is 6.11. The lowest BCUT2D eigenvalue weighted by atomic mass is 9.76. The number of fused-ring (bicyclic) bond motifs is 2. The van der Waals surface area contributed by atoms with Crippen LogP contribution >= 0.6 is 0 Å². The van der Waals surface area contributed by atoms with Crippen molar-refractivity contribution >= 4 is 22.4 Å². The molecule has 0 aliphatic heterocycles. The van der Waals surface area contributed by atoms with E-state index in [0.29, 0.717) is 29.7 Å². The monoisotopic (exact) mass is 464 g/mol. The van der Waals surface area contributed by atoms with Crippen molar-refractivity contribution in [2.45, 2.75) is 50.3 Å². The van der Waals surface area contributed by atoms with Crippen LogP contribution in [0.4, 0.5) is 23.2 Å². The number of aliphatic hydroxyl groups is 1. The molecule has 0 saturated carbocycles. The fraction of sp³-hybridized carbons (Fsp3) is 0.348. The van der Waals surface area contributed by atoms with Crippen LogP contribution in [0.2, 0.25) is 0 Å². The number of amides is 1. The number of benzene rings is 2. The summed E-state index contributed by atoms with van der Waals surface area (Å²) < 4.78 is 60.7. The van der Waals surface area contributed by atoms with Crippen molar-refractivity contribution in [1.82, 2.24) is 5.16 Å². The Kier molecular flexibility index (Phi) is 5.73. The number of alkyl halides is 3. The number of hydrogen-bond donors (Lipinski definition) is 2. The molecular weight excluding hydrogens is 444 g/mol. The number of halogens is 4. The summed E-state index contributed by atoms with van der Waals surface area (Å²) in [6.07, 6.45) is -5.13. The zero-order valence-electron chi connectivity index (χ0n) is 17.5. The van der Waals surface area contributed by atoms with Gasteiger partial charge in [0.2, 0.25) is 5.60 Å². The van der Waals surface area contributed by atoms with Crippen molar-refractivity contribution < 1.29 is 32.0 Å². The fourth-order valence-electron chi connectivity index (χ4n) is 4.35. The van der Waals surface area contributed by atoms with Gasteiger partial charge in [0, 0.05) is 17.5 Å². The summed E-state index contributed by atoms with van der Waals surface area (Å²) >= 11 is 0. The molecule has 0 bridgehead atoms. The summed E-state index contributed by atoms with van der Waals surface area (Å²) in [4.78, 5) is 24.5. The van der Waals surface area contributed by atoms with Gasteiger partial charge in [-0.05, 0) is 67.5 Å². The molecule has 0 saturated heterocycles. The maximum absolute atomic E-state index is 14.1. The zero-order valence-corrected chi connectivity index (χ0v) is 17.5. The minimum atomic E-state index is -5.28. The Morgan fingerprint density at radius 1 is 1.24 bits per heavy atom. The minimum absolute atomic E-state index is 0.0548. The quantitative estimate of drug-likeness (QED) is 0.560. The molecule has 6 nitrogen and oxygen atoms in total. The normalized spacial score (nSPS) is 17.9. The van der Waals surface area contributed by atoms with Crippen molar-refractivity contribution in [2.24, 2.45) is 0 Å². The lowest BCUT2D eigenvalue weighted by Gasteiger charge is -2.35. The number of aryl methyl sites for hydroxylation is 1. The number of hydrogen-bond acceptors (Lipinski definition) is 5. The van der Waals surface area contributed by atoms with Crippen LogP contribution < -0.4 is 10.9 Å². The van der Waals surface area contributed by atoms with Crippen LogP contribution in [-0.4, -0.2) is 27.9 Å². The Morgan fingerprint density at radius 3 is 2.73 bits per heavy atom. The predicted molar refractivity (Wildman–Crippen MR) is 111 cm³/mol. The Morgan fingerprint density at radius 2 is 2.00 bits per heavy atom. The highest BCUT2D eigenvalue weighted by atomic mass is 19.4. The lowest BCUT2D eigenvalue weighted by Crippen LogP contribution is -2.55. The van der Waals surface area contributed by atoms with Gasteiger partial charge in [-0.3, -0.25) is 4.79 Å². The van der Waals surface area contributed by atoms with Crippen LogP contribution in [0.5, 0.6) is 0 Å². The topological polar surface area (TPSA) is 92.4 Å². The number of carbonyl (C=O) groups excluding carboxylic acids is 1. The third-order valence-corrected chi connectivity index (χ3v) is 6.11. The third kappa shape index (κ3) is 4.10. The van der Waals surface area contributed by atoms with E-state index in [9.17, 15) is 32.3 Å². The molecule has 1 heterocycles. The average molecular weight is 464 g/mol. The molecule has 2 aromatic carbocycles. The number of anilines is 1. The van der Waals surface area contributed by atoms with Gasteiger partial charge in [0.25, 0.3) is 5.91 Å². The van der Waals surface area contributed by atoms with E-state index in [-0.39, 0.29) is 22.9 Å². The Hall–Kier alpha value is -3.27. The molecule has 1 aliphatic rings. The molecule has 0 fully saturated rings. The van der Waals surface area contributed by atoms with Crippen molar-refractivity contribution in [3.05, 3.63) is 69.5 Å². The Bertz CT molecular complexity index is 1290. The lowest BCUT2D eigenvalue weighted by molar-refractivity contribution is -0.252. The van der Waals surface area contributed by atoms with Crippen LogP contribution in [0.1, 0.15) is 42.0 Å². The van der Waals surface area contributed by atoms with Gasteiger partial charge in [0.05, 0.1) is 11.1 Å². The van der Waals surface area contributed by atoms with Gasteiger partial charge < -0.3 is 14.9 Å². The molecule has 2 N–H and O–H groups in total. The molecule has 1 aromatic heterocycles. The van der Waals surface area contributed by atoms with Crippen LogP contribution in [0.3, 0.4) is 0 Å². The Balaban J connectivity index is 1.66. The molecule has 0 spiro atoms. The fourth-order valence-corrected chi connectivity index (χ4v) is 4.35. The number of rotatable bonds is 4. The minimum Gasteiger partial charge on any atom is -0.373 e. The molecule has 174 valence electrons. The summed E-state index contributed by atoms with van der Waals surface area (Å²) in [6.45, 7) is 1.53. The summed E-state index contributed by atoms with van der Waals surface area (Å²) in [5, 5.41) is 16.7. The molecule has 33 heavy (non-hydrogen) atoms. The van der Waals surface area contributed by atoms with Gasteiger partial charge in [-0.2, -0.15) is 13.2 Å². The van der Waals surface area contributed by atoms with Crippen LogP contribution in [0, 0.1) is 12.7 Å². The van der Waals surface area contributed by atoms with Crippen molar-refractivity contribution in [3.63, 3.8) is 0 Å². The summed E-state index contributed by atoms with van der Waals surface area (Å²) in [7, 11) is 0. The van der Waals surface area contributed by atoms with Gasteiger partial charge in [-0.1, -0.05) is 17.3 Å². The number of aromatic nitrogens is 1. The molecule has 1 amide bonds. The van der Waals surface area contributed by atoms with Gasteiger partial charge in [-0.15, -0.1) is 0 Å². The second kappa shape index (κ2) is 8.26. The maximum atomic E-state index is 14.1. The highest BCUT2D eigenvalue weighted by Crippen LogP contribution is 2.44. The summed E-state index contributed by atoms with van der Waals surface area (Å²) in [6, 6.07) is 7.98. The van der Waals surface area contributed by atoms with Gasteiger partial charge >= 0.3 is 11.8 Å². The first kappa shape index (κ1) is 22.9. The van der Waals surface area contributed by atoms with Crippen LogP contribution in [-0.2, 0) is 11.2 Å². The second-order valence-electron chi connectivity index (χ2n) is 8.23. The first-order valence-electron chi connectivity index (χ1n) is 10.3. The number of nitrogens with one attached hydrogen (secondary N) is 1. The van der Waals surface area contributed by atoms with Crippen LogP contribution in [0.15, 0.2) is 45.7 Å². The van der Waals surface area contributed by atoms with Crippen molar-refractivity contribution in [1.29, 1.82) is 0 Å². The van der Waals surface area contributed by atoms with Gasteiger partial charge in [-0.25, -0.2) is 9.18 Å². The second-order valence-corrected chi connectivity index (χ2v) is 8.23. The van der Waals surface area contributed by atoms with Gasteiger partial charge in [0.1, 0.15) is 5.82 Å². The molecule has 0 radical (unpaired) electrons. The van der Waals surface area contributed by atoms with E-state index in [1.165, 1.54) is 43.3 Å². The van der Waals surface area contributed by atoms with E-state index in [1.807, 2.05) is 0 Å². The maximum Gasteiger partial charge on any atom is 0.426 e. The number of carbonyl (C=O) groups is 1. The number of nitrogens with zero attached hydrogens (tertiary/aromatic N) is 1. The van der Waals surface area contributed by atoms with Crippen molar-refractivity contribution in [2.75, 3.05) is 5.32 Å². The molecule has 4 rings (SSSR count).